The zero-order chi connectivity index (χ0) is 17.8. The Morgan fingerprint density at radius 1 is 1.08 bits per heavy atom. The molecule has 2 aromatic rings. The Balaban J connectivity index is 1.61. The molecule has 2 amide bonds. The van der Waals surface area contributed by atoms with Crippen LogP contribution in [0.15, 0.2) is 48.5 Å². The number of amides is 2. The molecule has 1 fully saturated rings. The summed E-state index contributed by atoms with van der Waals surface area (Å²) in [6, 6.07) is 15.4. The quantitative estimate of drug-likeness (QED) is 0.890. The summed E-state index contributed by atoms with van der Waals surface area (Å²) in [4.78, 5) is 25.9. The molecule has 0 spiro atoms. The molecule has 0 radical (unpaired) electrons. The van der Waals surface area contributed by atoms with E-state index in [4.69, 9.17) is 0 Å². The van der Waals surface area contributed by atoms with E-state index in [2.05, 4.69) is 19.2 Å². The van der Waals surface area contributed by atoms with Crippen molar-refractivity contribution in [3.8, 4) is 0 Å². The molecule has 0 atom stereocenters. The van der Waals surface area contributed by atoms with Crippen LogP contribution in [0.2, 0.25) is 0 Å². The second kappa shape index (κ2) is 7.51. The van der Waals surface area contributed by atoms with Crippen molar-refractivity contribution in [2.45, 2.75) is 39.2 Å². The first-order chi connectivity index (χ1) is 12.0. The molecule has 0 bridgehead atoms. The number of carbonyl (C=O) groups is 2. The lowest BCUT2D eigenvalue weighted by molar-refractivity contribution is -0.128. The lowest BCUT2D eigenvalue weighted by Gasteiger charge is -2.15. The van der Waals surface area contributed by atoms with Crippen LogP contribution in [0.5, 0.6) is 0 Å². The molecule has 2 aromatic carbocycles. The van der Waals surface area contributed by atoms with E-state index in [-0.39, 0.29) is 11.8 Å². The van der Waals surface area contributed by atoms with Crippen molar-refractivity contribution in [3.05, 3.63) is 65.2 Å². The molecule has 0 aromatic heterocycles. The Bertz CT molecular complexity index is 748. The SMILES string of the molecule is CC(C)c1ccc(NC(=O)c2ccc(CN3CCCC3=O)cc2)cc1. The van der Waals surface area contributed by atoms with E-state index < -0.39 is 0 Å². The summed E-state index contributed by atoms with van der Waals surface area (Å²) < 4.78 is 0. The number of carbonyl (C=O) groups excluding carboxylic acids is 2. The molecular formula is C21H24N2O2. The minimum atomic E-state index is -0.124. The third-order valence-corrected chi connectivity index (χ3v) is 4.60. The molecular weight excluding hydrogens is 312 g/mol. The van der Waals surface area contributed by atoms with Crippen molar-refractivity contribution in [3.63, 3.8) is 0 Å². The van der Waals surface area contributed by atoms with Crippen LogP contribution < -0.4 is 5.32 Å². The smallest absolute Gasteiger partial charge is 0.255 e. The van der Waals surface area contributed by atoms with Gasteiger partial charge in [-0.3, -0.25) is 9.59 Å². The number of anilines is 1. The highest BCUT2D eigenvalue weighted by Gasteiger charge is 2.20. The van der Waals surface area contributed by atoms with Crippen molar-refractivity contribution in [1.82, 2.24) is 4.90 Å². The van der Waals surface area contributed by atoms with E-state index >= 15 is 0 Å². The number of hydrogen-bond acceptors (Lipinski definition) is 2. The largest absolute Gasteiger partial charge is 0.338 e. The van der Waals surface area contributed by atoms with Gasteiger partial charge in [-0.25, -0.2) is 0 Å². The molecule has 1 aliphatic rings. The molecule has 0 unspecified atom stereocenters. The third-order valence-electron chi connectivity index (χ3n) is 4.60. The first-order valence-electron chi connectivity index (χ1n) is 8.81. The Morgan fingerprint density at radius 3 is 2.32 bits per heavy atom. The van der Waals surface area contributed by atoms with E-state index in [1.807, 2.05) is 53.4 Å². The summed E-state index contributed by atoms with van der Waals surface area (Å²) in [5, 5.41) is 2.92. The monoisotopic (exact) mass is 336 g/mol. The van der Waals surface area contributed by atoms with E-state index in [9.17, 15) is 9.59 Å². The summed E-state index contributed by atoms with van der Waals surface area (Å²) in [6.07, 6.45) is 1.59. The van der Waals surface area contributed by atoms with Crippen LogP contribution in [0.1, 0.15) is 54.1 Å². The maximum absolute atomic E-state index is 12.4. The predicted octanol–water partition coefficient (Wildman–Crippen LogP) is 4.18. The molecule has 1 saturated heterocycles. The van der Waals surface area contributed by atoms with Gasteiger partial charge in [0.25, 0.3) is 5.91 Å². The predicted molar refractivity (Wildman–Crippen MR) is 99.6 cm³/mol. The molecule has 0 saturated carbocycles. The number of nitrogens with zero attached hydrogens (tertiary/aromatic N) is 1. The van der Waals surface area contributed by atoms with Gasteiger partial charge in [0.1, 0.15) is 0 Å². The maximum atomic E-state index is 12.4. The van der Waals surface area contributed by atoms with Gasteiger partial charge in [-0.15, -0.1) is 0 Å². The molecule has 1 heterocycles. The standard InChI is InChI=1S/C21H24N2O2/c1-15(2)17-9-11-19(12-10-17)22-21(25)18-7-5-16(6-8-18)14-23-13-3-4-20(23)24/h5-12,15H,3-4,13-14H2,1-2H3,(H,22,25). The Kier molecular flexibility index (Phi) is 5.17. The van der Waals surface area contributed by atoms with Crippen molar-refractivity contribution in [2.75, 3.05) is 11.9 Å². The van der Waals surface area contributed by atoms with Gasteiger partial charge in [0.05, 0.1) is 0 Å². The fourth-order valence-electron chi connectivity index (χ4n) is 3.01. The number of likely N-dealkylation sites (tertiary alicyclic amines) is 1. The summed E-state index contributed by atoms with van der Waals surface area (Å²) in [6.45, 7) is 5.74. The zero-order valence-corrected chi connectivity index (χ0v) is 14.8. The van der Waals surface area contributed by atoms with Crippen molar-refractivity contribution < 1.29 is 9.59 Å². The van der Waals surface area contributed by atoms with Gasteiger partial charge in [-0.1, -0.05) is 38.1 Å². The summed E-state index contributed by atoms with van der Waals surface area (Å²) in [5.74, 6) is 0.563. The number of nitrogens with one attached hydrogen (secondary N) is 1. The van der Waals surface area contributed by atoms with Crippen LogP contribution in [0, 0.1) is 0 Å². The van der Waals surface area contributed by atoms with Crippen molar-refractivity contribution >= 4 is 17.5 Å². The van der Waals surface area contributed by atoms with Gasteiger partial charge in [0.15, 0.2) is 0 Å². The molecule has 4 heteroatoms. The molecule has 3 rings (SSSR count). The van der Waals surface area contributed by atoms with Crippen LogP contribution in [0.3, 0.4) is 0 Å². The molecule has 1 N–H and O–H groups in total. The van der Waals surface area contributed by atoms with Crippen LogP contribution in [0.25, 0.3) is 0 Å². The molecule has 25 heavy (non-hydrogen) atoms. The molecule has 0 aliphatic carbocycles. The summed E-state index contributed by atoms with van der Waals surface area (Å²) in [7, 11) is 0. The second-order valence-electron chi connectivity index (χ2n) is 6.85. The van der Waals surface area contributed by atoms with Gasteiger partial charge in [0, 0.05) is 30.8 Å². The van der Waals surface area contributed by atoms with E-state index in [1.54, 1.807) is 0 Å². The fraction of sp³-hybridized carbons (Fsp3) is 0.333. The first kappa shape index (κ1) is 17.2. The lowest BCUT2D eigenvalue weighted by Crippen LogP contribution is -2.23. The van der Waals surface area contributed by atoms with Crippen LogP contribution in [0.4, 0.5) is 5.69 Å². The van der Waals surface area contributed by atoms with E-state index in [0.717, 1.165) is 24.2 Å². The van der Waals surface area contributed by atoms with Gasteiger partial charge >= 0.3 is 0 Å². The lowest BCUT2D eigenvalue weighted by atomic mass is 10.0. The third kappa shape index (κ3) is 4.27. The van der Waals surface area contributed by atoms with E-state index in [0.29, 0.717) is 24.4 Å². The Morgan fingerprint density at radius 2 is 1.76 bits per heavy atom. The minimum absolute atomic E-state index is 0.124. The summed E-state index contributed by atoms with van der Waals surface area (Å²) >= 11 is 0. The average Bonchev–Trinajstić information content (AvgIpc) is 3.01. The van der Waals surface area contributed by atoms with Gasteiger partial charge < -0.3 is 10.2 Å². The topological polar surface area (TPSA) is 49.4 Å². The first-order valence-corrected chi connectivity index (χ1v) is 8.81. The average molecular weight is 336 g/mol. The maximum Gasteiger partial charge on any atom is 0.255 e. The fourth-order valence-corrected chi connectivity index (χ4v) is 3.01. The highest BCUT2D eigenvalue weighted by Crippen LogP contribution is 2.18. The summed E-state index contributed by atoms with van der Waals surface area (Å²) in [5.41, 5.74) is 3.71. The number of rotatable bonds is 5. The molecule has 1 aliphatic heterocycles. The van der Waals surface area contributed by atoms with E-state index in [1.165, 1.54) is 5.56 Å². The highest BCUT2D eigenvalue weighted by molar-refractivity contribution is 6.04. The van der Waals surface area contributed by atoms with Crippen molar-refractivity contribution in [2.24, 2.45) is 0 Å². The normalized spacial score (nSPS) is 14.2. The number of hydrogen-bond donors (Lipinski definition) is 1. The minimum Gasteiger partial charge on any atom is -0.338 e. The zero-order valence-electron chi connectivity index (χ0n) is 14.8. The van der Waals surface area contributed by atoms with Gasteiger partial charge in [-0.05, 0) is 47.7 Å². The van der Waals surface area contributed by atoms with Crippen LogP contribution in [-0.4, -0.2) is 23.3 Å². The Labute approximate surface area is 148 Å². The number of benzene rings is 2. The van der Waals surface area contributed by atoms with Gasteiger partial charge in [0.2, 0.25) is 5.91 Å². The highest BCUT2D eigenvalue weighted by atomic mass is 16.2. The van der Waals surface area contributed by atoms with Gasteiger partial charge in [-0.2, -0.15) is 0 Å². The van der Waals surface area contributed by atoms with Crippen LogP contribution >= 0.6 is 0 Å². The van der Waals surface area contributed by atoms with Crippen molar-refractivity contribution in [1.29, 1.82) is 0 Å². The van der Waals surface area contributed by atoms with Crippen LogP contribution in [-0.2, 0) is 11.3 Å². The molecule has 130 valence electrons. The molecule has 4 nitrogen and oxygen atoms in total. The Hall–Kier alpha value is -2.62. The second-order valence-corrected chi connectivity index (χ2v) is 6.85.